The van der Waals surface area contributed by atoms with Crippen LogP contribution in [0.15, 0.2) is 24.3 Å². The Labute approximate surface area is 131 Å². The van der Waals surface area contributed by atoms with E-state index >= 15 is 0 Å². The number of anilines is 1. The number of benzene rings is 1. The number of aliphatic carboxylic acids is 1. The molecule has 2 amide bonds. The fraction of sp³-hybridized carbons (Fsp3) is 0.250. The molecule has 0 bridgehead atoms. The first-order valence-electron chi connectivity index (χ1n) is 6.09. The smallest absolute Gasteiger partial charge is 0.413 e. The van der Waals surface area contributed by atoms with Crippen molar-refractivity contribution in [1.82, 2.24) is 5.32 Å². The molecular formula is C12H13N2O8S-. The van der Waals surface area contributed by atoms with Gasteiger partial charge in [-0.05, 0) is 24.3 Å². The van der Waals surface area contributed by atoms with Crippen LogP contribution in [0.4, 0.5) is 10.5 Å². The minimum absolute atomic E-state index is 0.0192. The summed E-state index contributed by atoms with van der Waals surface area (Å²) in [5.41, 5.74) is 0.450. The number of carboxylic acids is 1. The molecule has 3 N–H and O–H groups in total. The summed E-state index contributed by atoms with van der Waals surface area (Å²) >= 11 is 0. The standard InChI is InChI=1S/C12H14N2O8S/c1-7(15)13-8-2-4-9(5-3-8)22-12(18)14-10(11(16)17)6-23(19,20)21/h2-5,10H,6H2,1H3,(H,13,15)(H,14,18)(H,16,17)(H,19,20,21)/p-1/t10-/m0/s1. The molecule has 1 aromatic carbocycles. The van der Waals surface area contributed by atoms with Crippen LogP contribution in [0.1, 0.15) is 6.92 Å². The van der Waals surface area contributed by atoms with Gasteiger partial charge in [0.15, 0.2) is 0 Å². The van der Waals surface area contributed by atoms with Crippen LogP contribution in [0.5, 0.6) is 5.75 Å². The average molecular weight is 345 g/mol. The van der Waals surface area contributed by atoms with Gasteiger partial charge in [0, 0.05) is 12.6 Å². The molecular weight excluding hydrogens is 332 g/mol. The van der Waals surface area contributed by atoms with E-state index in [9.17, 15) is 27.4 Å². The lowest BCUT2D eigenvalue weighted by Crippen LogP contribution is -2.46. The Kier molecular flexibility index (Phi) is 6.04. The Morgan fingerprint density at radius 1 is 1.26 bits per heavy atom. The van der Waals surface area contributed by atoms with Crippen LogP contribution in [0.25, 0.3) is 0 Å². The number of hydrogen-bond acceptors (Lipinski definition) is 7. The first kappa shape index (κ1) is 18.4. The van der Waals surface area contributed by atoms with E-state index in [0.29, 0.717) is 5.69 Å². The van der Waals surface area contributed by atoms with Crippen molar-refractivity contribution in [3.63, 3.8) is 0 Å². The highest BCUT2D eigenvalue weighted by Crippen LogP contribution is 2.15. The largest absolute Gasteiger partial charge is 0.748 e. The zero-order valence-corrected chi connectivity index (χ0v) is 12.6. The van der Waals surface area contributed by atoms with Gasteiger partial charge in [-0.1, -0.05) is 0 Å². The normalized spacial score (nSPS) is 12.1. The van der Waals surface area contributed by atoms with Crippen LogP contribution in [0.2, 0.25) is 0 Å². The third kappa shape index (κ3) is 7.24. The van der Waals surface area contributed by atoms with Gasteiger partial charge in [-0.15, -0.1) is 0 Å². The summed E-state index contributed by atoms with van der Waals surface area (Å²) in [5.74, 6) is -3.27. The van der Waals surface area contributed by atoms with Gasteiger partial charge in [0.05, 0.1) is 15.9 Å². The van der Waals surface area contributed by atoms with Crippen molar-refractivity contribution >= 4 is 33.8 Å². The Balaban J connectivity index is 2.67. The Bertz CT molecular complexity index is 698. The molecule has 23 heavy (non-hydrogen) atoms. The van der Waals surface area contributed by atoms with Crippen molar-refractivity contribution in [3.8, 4) is 5.75 Å². The lowest BCUT2D eigenvalue weighted by molar-refractivity contribution is -0.138. The highest BCUT2D eigenvalue weighted by molar-refractivity contribution is 7.85. The summed E-state index contributed by atoms with van der Waals surface area (Å²) in [5, 5.41) is 13.0. The Hall–Kier alpha value is -2.66. The number of hydrogen-bond donors (Lipinski definition) is 3. The lowest BCUT2D eigenvalue weighted by atomic mass is 10.3. The van der Waals surface area contributed by atoms with Gasteiger partial charge in [0.2, 0.25) is 5.91 Å². The molecule has 0 spiro atoms. The number of carbonyl (C=O) groups excluding carboxylic acids is 2. The van der Waals surface area contributed by atoms with Crippen LogP contribution in [0, 0.1) is 0 Å². The van der Waals surface area contributed by atoms with Crippen LogP contribution in [0.3, 0.4) is 0 Å². The maximum absolute atomic E-state index is 11.5. The van der Waals surface area contributed by atoms with E-state index in [1.807, 2.05) is 0 Å². The molecule has 0 radical (unpaired) electrons. The van der Waals surface area contributed by atoms with E-state index in [-0.39, 0.29) is 11.7 Å². The van der Waals surface area contributed by atoms with Gasteiger partial charge in [-0.25, -0.2) is 18.0 Å². The number of ether oxygens (including phenoxy) is 1. The average Bonchev–Trinajstić information content (AvgIpc) is 2.38. The number of carboxylic acid groups (broad SMARTS) is 1. The fourth-order valence-corrected chi connectivity index (χ4v) is 2.10. The van der Waals surface area contributed by atoms with Crippen LogP contribution < -0.4 is 15.4 Å². The summed E-state index contributed by atoms with van der Waals surface area (Å²) in [6.45, 7) is 1.31. The number of nitrogens with one attached hydrogen (secondary N) is 2. The molecule has 0 saturated carbocycles. The van der Waals surface area contributed by atoms with E-state index in [0.717, 1.165) is 0 Å². The molecule has 1 atom stereocenters. The lowest BCUT2D eigenvalue weighted by Gasteiger charge is -2.16. The first-order chi connectivity index (χ1) is 10.6. The summed E-state index contributed by atoms with van der Waals surface area (Å²) < 4.78 is 36.4. The van der Waals surface area contributed by atoms with Crippen LogP contribution in [-0.4, -0.2) is 47.8 Å². The van der Waals surface area contributed by atoms with Gasteiger partial charge in [-0.3, -0.25) is 4.79 Å². The van der Waals surface area contributed by atoms with E-state index in [2.05, 4.69) is 5.32 Å². The predicted octanol–water partition coefficient (Wildman–Crippen LogP) is -0.268. The first-order valence-corrected chi connectivity index (χ1v) is 7.67. The zero-order chi connectivity index (χ0) is 17.6. The van der Waals surface area contributed by atoms with Crippen molar-refractivity contribution in [3.05, 3.63) is 24.3 Å². The molecule has 0 aliphatic heterocycles. The van der Waals surface area contributed by atoms with Gasteiger partial charge in [0.1, 0.15) is 11.8 Å². The van der Waals surface area contributed by atoms with E-state index < -0.39 is 34.0 Å². The Morgan fingerprint density at radius 2 is 1.83 bits per heavy atom. The van der Waals surface area contributed by atoms with Gasteiger partial charge in [0.25, 0.3) is 0 Å². The zero-order valence-electron chi connectivity index (χ0n) is 11.8. The summed E-state index contributed by atoms with van der Waals surface area (Å²) in [6.07, 6.45) is -1.24. The van der Waals surface area contributed by atoms with Crippen molar-refractivity contribution in [2.45, 2.75) is 13.0 Å². The molecule has 126 valence electrons. The van der Waals surface area contributed by atoms with Gasteiger partial charge in [-0.2, -0.15) is 0 Å². The van der Waals surface area contributed by atoms with E-state index in [4.69, 9.17) is 9.84 Å². The van der Waals surface area contributed by atoms with Gasteiger partial charge < -0.3 is 25.0 Å². The second-order valence-corrected chi connectivity index (χ2v) is 5.80. The summed E-state index contributed by atoms with van der Waals surface area (Å²) in [7, 11) is -4.85. The predicted molar refractivity (Wildman–Crippen MR) is 75.9 cm³/mol. The maximum atomic E-state index is 11.5. The van der Waals surface area contributed by atoms with Crippen molar-refractivity contribution in [2.75, 3.05) is 11.1 Å². The molecule has 0 aliphatic rings. The maximum Gasteiger partial charge on any atom is 0.413 e. The monoisotopic (exact) mass is 345 g/mol. The highest BCUT2D eigenvalue weighted by atomic mass is 32.2. The van der Waals surface area contributed by atoms with Gasteiger partial charge >= 0.3 is 12.1 Å². The molecule has 0 fully saturated rings. The fourth-order valence-electron chi connectivity index (χ4n) is 1.47. The second-order valence-electron chi connectivity index (χ2n) is 4.35. The molecule has 0 aromatic heterocycles. The molecule has 0 aliphatic carbocycles. The third-order valence-electron chi connectivity index (χ3n) is 2.35. The summed E-state index contributed by atoms with van der Waals surface area (Å²) in [6, 6.07) is 3.58. The molecule has 10 nitrogen and oxygen atoms in total. The van der Waals surface area contributed by atoms with Crippen LogP contribution in [-0.2, 0) is 19.7 Å². The minimum Gasteiger partial charge on any atom is -0.748 e. The van der Waals surface area contributed by atoms with Crippen molar-refractivity contribution in [2.24, 2.45) is 0 Å². The quantitative estimate of drug-likeness (QED) is 0.593. The Morgan fingerprint density at radius 3 is 2.26 bits per heavy atom. The molecule has 1 aromatic rings. The molecule has 1 rings (SSSR count). The minimum atomic E-state index is -4.85. The van der Waals surface area contributed by atoms with Crippen LogP contribution >= 0.6 is 0 Å². The topological polar surface area (TPSA) is 162 Å². The SMILES string of the molecule is CC(=O)Nc1ccc(OC(=O)N[C@@H](CS(=O)(=O)[O-])C(=O)O)cc1. The van der Waals surface area contributed by atoms with Crippen molar-refractivity contribution < 1.29 is 37.2 Å². The highest BCUT2D eigenvalue weighted by Gasteiger charge is 2.23. The molecule has 0 heterocycles. The third-order valence-corrected chi connectivity index (χ3v) is 3.09. The number of amides is 2. The van der Waals surface area contributed by atoms with E-state index in [1.165, 1.54) is 31.2 Å². The number of rotatable bonds is 6. The number of carbonyl (C=O) groups is 3. The summed E-state index contributed by atoms with van der Waals surface area (Å²) in [4.78, 5) is 33.1. The molecule has 0 saturated heterocycles. The van der Waals surface area contributed by atoms with Crippen molar-refractivity contribution in [1.29, 1.82) is 0 Å². The molecule has 0 unspecified atom stereocenters. The van der Waals surface area contributed by atoms with E-state index in [1.54, 1.807) is 5.32 Å². The molecule has 11 heteroatoms. The second kappa shape index (κ2) is 7.56.